The fourth-order valence-electron chi connectivity index (χ4n) is 1.44. The predicted molar refractivity (Wildman–Crippen MR) is 48.0 cm³/mol. The Bertz CT molecular complexity index is 472. The van der Waals surface area contributed by atoms with Crippen LogP contribution in [0, 0.1) is 28.4 Å². The van der Waals surface area contributed by atoms with Gasteiger partial charge in [0.15, 0.2) is 5.78 Å². The lowest BCUT2D eigenvalue weighted by Crippen LogP contribution is -2.15. The van der Waals surface area contributed by atoms with Crippen molar-refractivity contribution in [2.24, 2.45) is 5.41 Å². The molecule has 0 bridgehead atoms. The van der Waals surface area contributed by atoms with E-state index >= 15 is 0 Å². The van der Waals surface area contributed by atoms with E-state index in [0.717, 1.165) is 18.2 Å². The second-order valence-electron chi connectivity index (χ2n) is 3.65. The van der Waals surface area contributed by atoms with Gasteiger partial charge in [-0.1, -0.05) is 0 Å². The average Bonchev–Trinajstić information content (AvgIpc) is 3.01. The maximum Gasteiger partial charge on any atom is 0.186 e. The molecule has 2 rings (SSSR count). The molecule has 1 fully saturated rings. The zero-order valence-corrected chi connectivity index (χ0v) is 7.76. The van der Waals surface area contributed by atoms with E-state index in [1.54, 1.807) is 0 Å². The number of benzene rings is 1. The van der Waals surface area contributed by atoms with Gasteiger partial charge in [0.2, 0.25) is 0 Å². The Morgan fingerprint density at radius 3 is 2.60 bits per heavy atom. The Morgan fingerprint density at radius 1 is 1.40 bits per heavy atom. The minimum Gasteiger partial charge on any atom is -0.292 e. The molecule has 0 N–H and O–H groups in total. The van der Waals surface area contributed by atoms with Crippen molar-refractivity contribution in [2.75, 3.05) is 0 Å². The van der Waals surface area contributed by atoms with E-state index < -0.39 is 22.8 Å². The van der Waals surface area contributed by atoms with Gasteiger partial charge in [-0.3, -0.25) is 4.79 Å². The average molecular weight is 207 g/mol. The molecule has 2 nitrogen and oxygen atoms in total. The Labute approximate surface area is 85.1 Å². The summed E-state index contributed by atoms with van der Waals surface area (Å²) >= 11 is 0. The molecule has 0 radical (unpaired) electrons. The van der Waals surface area contributed by atoms with Crippen molar-refractivity contribution in [3.05, 3.63) is 35.4 Å². The lowest BCUT2D eigenvalue weighted by atomic mass is 9.96. The van der Waals surface area contributed by atoms with Crippen LogP contribution < -0.4 is 0 Å². The lowest BCUT2D eigenvalue weighted by molar-refractivity contribution is 0.0930. The number of rotatable bonds is 2. The summed E-state index contributed by atoms with van der Waals surface area (Å²) in [6, 6.07) is 4.54. The largest absolute Gasteiger partial charge is 0.292 e. The molecule has 76 valence electrons. The molecule has 0 spiro atoms. The van der Waals surface area contributed by atoms with Crippen molar-refractivity contribution in [2.45, 2.75) is 12.8 Å². The molecule has 1 aromatic rings. The number of nitrogens with zero attached hydrogens (tertiary/aromatic N) is 1. The molecule has 1 aromatic carbocycles. The van der Waals surface area contributed by atoms with Crippen molar-refractivity contribution in [3.63, 3.8) is 0 Å². The highest BCUT2D eigenvalue weighted by Crippen LogP contribution is 2.47. The summed E-state index contributed by atoms with van der Waals surface area (Å²) in [7, 11) is 0. The van der Waals surface area contributed by atoms with Crippen LogP contribution >= 0.6 is 0 Å². The molecule has 1 aliphatic rings. The number of carbonyl (C=O) groups is 1. The molecule has 0 saturated heterocycles. The molecule has 1 aliphatic carbocycles. The van der Waals surface area contributed by atoms with E-state index in [-0.39, 0.29) is 5.56 Å². The third-order valence-electron chi connectivity index (χ3n) is 2.57. The monoisotopic (exact) mass is 207 g/mol. The Balaban J connectivity index is 2.43. The van der Waals surface area contributed by atoms with E-state index in [2.05, 4.69) is 0 Å². The van der Waals surface area contributed by atoms with Crippen LogP contribution in [0.4, 0.5) is 8.78 Å². The van der Waals surface area contributed by atoms with Gasteiger partial charge in [-0.15, -0.1) is 0 Å². The van der Waals surface area contributed by atoms with Crippen LogP contribution in [-0.2, 0) is 0 Å². The van der Waals surface area contributed by atoms with E-state index in [9.17, 15) is 13.6 Å². The molecule has 0 amide bonds. The summed E-state index contributed by atoms with van der Waals surface area (Å²) in [6.07, 6.45) is 0.858. The minimum absolute atomic E-state index is 0.325. The van der Waals surface area contributed by atoms with Crippen LogP contribution in [0.3, 0.4) is 0 Å². The van der Waals surface area contributed by atoms with Crippen molar-refractivity contribution in [1.82, 2.24) is 0 Å². The molecule has 0 heterocycles. The zero-order valence-electron chi connectivity index (χ0n) is 7.76. The molecule has 0 aromatic heterocycles. The Kier molecular flexibility index (Phi) is 2.04. The van der Waals surface area contributed by atoms with Gasteiger partial charge in [0.05, 0.1) is 11.6 Å². The number of nitriles is 1. The van der Waals surface area contributed by atoms with Crippen LogP contribution in [0.15, 0.2) is 18.2 Å². The molecule has 4 heteroatoms. The highest BCUT2D eigenvalue weighted by Gasteiger charge is 2.51. The van der Waals surface area contributed by atoms with Crippen LogP contribution in [0.5, 0.6) is 0 Å². The summed E-state index contributed by atoms with van der Waals surface area (Å²) in [5.74, 6) is -2.06. The van der Waals surface area contributed by atoms with Crippen molar-refractivity contribution in [3.8, 4) is 6.07 Å². The quantitative estimate of drug-likeness (QED) is 0.699. The van der Waals surface area contributed by atoms with Gasteiger partial charge in [0, 0.05) is 0 Å². The number of ketones is 1. The van der Waals surface area contributed by atoms with Gasteiger partial charge in [0.1, 0.15) is 17.0 Å². The molecule has 0 unspecified atom stereocenters. The fraction of sp³-hybridized carbons (Fsp3) is 0.273. The first-order valence-electron chi connectivity index (χ1n) is 4.50. The SMILES string of the molecule is N#CC1(C(=O)c2cc(F)ccc2F)CC1. The molecular formula is C11H7F2NO. The molecular weight excluding hydrogens is 200 g/mol. The first kappa shape index (κ1) is 9.78. The van der Waals surface area contributed by atoms with Gasteiger partial charge in [-0.05, 0) is 31.0 Å². The van der Waals surface area contributed by atoms with Crippen molar-refractivity contribution in [1.29, 1.82) is 5.26 Å². The van der Waals surface area contributed by atoms with Crippen molar-refractivity contribution < 1.29 is 13.6 Å². The van der Waals surface area contributed by atoms with E-state index in [0.29, 0.717) is 12.8 Å². The molecule has 0 aliphatic heterocycles. The highest BCUT2D eigenvalue weighted by atomic mass is 19.1. The number of carbonyl (C=O) groups excluding carboxylic acids is 1. The summed E-state index contributed by atoms with van der Waals surface area (Å²) in [5.41, 5.74) is -1.43. The lowest BCUT2D eigenvalue weighted by Gasteiger charge is -2.05. The summed E-state index contributed by atoms with van der Waals surface area (Å²) in [5, 5.41) is 8.76. The first-order chi connectivity index (χ1) is 7.09. The normalized spacial score (nSPS) is 16.9. The van der Waals surface area contributed by atoms with Gasteiger partial charge in [0.25, 0.3) is 0 Å². The summed E-state index contributed by atoms with van der Waals surface area (Å²) in [4.78, 5) is 11.7. The topological polar surface area (TPSA) is 40.9 Å². The summed E-state index contributed by atoms with van der Waals surface area (Å²) in [6.45, 7) is 0. The highest BCUT2D eigenvalue weighted by molar-refractivity contribution is 6.04. The third kappa shape index (κ3) is 1.50. The van der Waals surface area contributed by atoms with Crippen molar-refractivity contribution >= 4 is 5.78 Å². The minimum atomic E-state index is -1.10. The number of hydrogen-bond donors (Lipinski definition) is 0. The molecule has 15 heavy (non-hydrogen) atoms. The van der Waals surface area contributed by atoms with Gasteiger partial charge in [-0.25, -0.2) is 8.78 Å². The van der Waals surface area contributed by atoms with Crippen LogP contribution in [0.25, 0.3) is 0 Å². The van der Waals surface area contributed by atoms with E-state index in [1.165, 1.54) is 0 Å². The van der Waals surface area contributed by atoms with Gasteiger partial charge in [-0.2, -0.15) is 5.26 Å². The Hall–Kier alpha value is -1.76. The third-order valence-corrected chi connectivity index (χ3v) is 2.57. The molecule has 1 saturated carbocycles. The fourth-order valence-corrected chi connectivity index (χ4v) is 1.44. The second-order valence-corrected chi connectivity index (χ2v) is 3.65. The predicted octanol–water partition coefficient (Wildman–Crippen LogP) is 2.45. The van der Waals surface area contributed by atoms with Gasteiger partial charge >= 0.3 is 0 Å². The maximum atomic E-state index is 13.2. The number of halogens is 2. The van der Waals surface area contributed by atoms with Crippen LogP contribution in [-0.4, -0.2) is 5.78 Å². The van der Waals surface area contributed by atoms with Gasteiger partial charge < -0.3 is 0 Å². The van der Waals surface area contributed by atoms with E-state index in [4.69, 9.17) is 5.26 Å². The standard InChI is InChI=1S/C11H7F2NO/c12-7-1-2-9(13)8(5-7)10(15)11(6-14)3-4-11/h1-2,5H,3-4H2. The maximum absolute atomic E-state index is 13.2. The number of hydrogen-bond acceptors (Lipinski definition) is 2. The molecule has 0 atom stereocenters. The summed E-state index contributed by atoms with van der Waals surface area (Å²) < 4.78 is 26.0. The van der Waals surface area contributed by atoms with Crippen LogP contribution in [0.1, 0.15) is 23.2 Å². The van der Waals surface area contributed by atoms with E-state index in [1.807, 2.05) is 6.07 Å². The number of Topliss-reactive ketones (excluding diaryl/α,β-unsaturated/α-hetero) is 1. The smallest absolute Gasteiger partial charge is 0.186 e. The second kappa shape index (κ2) is 3.13. The first-order valence-corrected chi connectivity index (χ1v) is 4.50. The Morgan fingerprint density at radius 2 is 2.07 bits per heavy atom. The zero-order chi connectivity index (χ0) is 11.1. The van der Waals surface area contributed by atoms with Crippen LogP contribution in [0.2, 0.25) is 0 Å².